The third-order valence-electron chi connectivity index (χ3n) is 3.66. The van der Waals surface area contributed by atoms with Gasteiger partial charge in [0, 0.05) is 13.6 Å². The Kier molecular flexibility index (Phi) is 3.87. The average Bonchev–Trinajstić information content (AvgIpc) is 2.30. The molecule has 1 aromatic rings. The molecule has 1 aliphatic carbocycles. The molecule has 2 nitrogen and oxygen atoms in total. The Hall–Kier alpha value is -1.25. The highest BCUT2D eigenvalue weighted by atomic mass is 19.1. The van der Waals surface area contributed by atoms with Crippen molar-refractivity contribution in [2.45, 2.75) is 32.1 Å². The molecule has 2 rings (SSSR count). The minimum Gasteiger partial charge on any atom is -0.397 e. The number of nitrogens with zero attached hydrogens (tertiary/aromatic N) is 1. The standard InChI is InChI=1S/C14H21FN2/c1-17(10-11-5-3-2-4-6-11)14-8-7-12(15)9-13(14)16/h7-9,11H,2-6,10,16H2,1H3. The quantitative estimate of drug-likeness (QED) is 0.815. The SMILES string of the molecule is CN(CC1CCCCC1)c1ccc(F)cc1N. The van der Waals surface area contributed by atoms with Crippen molar-refractivity contribution in [3.8, 4) is 0 Å². The van der Waals surface area contributed by atoms with E-state index in [9.17, 15) is 4.39 Å². The predicted octanol–water partition coefficient (Wildman–Crippen LogP) is 3.42. The van der Waals surface area contributed by atoms with Crippen LogP contribution in [0.4, 0.5) is 15.8 Å². The largest absolute Gasteiger partial charge is 0.397 e. The van der Waals surface area contributed by atoms with E-state index in [1.165, 1.54) is 44.2 Å². The number of halogens is 1. The fraction of sp³-hybridized carbons (Fsp3) is 0.571. The lowest BCUT2D eigenvalue weighted by atomic mass is 9.89. The summed E-state index contributed by atoms with van der Waals surface area (Å²) in [5, 5.41) is 0. The van der Waals surface area contributed by atoms with Crippen molar-refractivity contribution in [3.05, 3.63) is 24.0 Å². The van der Waals surface area contributed by atoms with Gasteiger partial charge in [-0.05, 0) is 37.0 Å². The van der Waals surface area contributed by atoms with Gasteiger partial charge in [0.1, 0.15) is 5.82 Å². The smallest absolute Gasteiger partial charge is 0.125 e. The third-order valence-corrected chi connectivity index (χ3v) is 3.66. The molecule has 0 aliphatic heterocycles. The summed E-state index contributed by atoms with van der Waals surface area (Å²) in [6.45, 7) is 1.02. The minimum absolute atomic E-state index is 0.266. The van der Waals surface area contributed by atoms with Gasteiger partial charge in [0.15, 0.2) is 0 Å². The third kappa shape index (κ3) is 3.11. The second kappa shape index (κ2) is 5.39. The lowest BCUT2D eigenvalue weighted by Crippen LogP contribution is -2.27. The number of hydrogen-bond acceptors (Lipinski definition) is 2. The zero-order valence-corrected chi connectivity index (χ0v) is 10.5. The van der Waals surface area contributed by atoms with Crippen LogP contribution in [0.15, 0.2) is 18.2 Å². The molecule has 17 heavy (non-hydrogen) atoms. The summed E-state index contributed by atoms with van der Waals surface area (Å²) < 4.78 is 13.0. The molecular formula is C14H21FN2. The number of anilines is 2. The van der Waals surface area contributed by atoms with Crippen LogP contribution in [-0.2, 0) is 0 Å². The summed E-state index contributed by atoms with van der Waals surface area (Å²) >= 11 is 0. The fourth-order valence-corrected chi connectivity index (χ4v) is 2.73. The molecule has 0 saturated heterocycles. The van der Waals surface area contributed by atoms with Crippen LogP contribution in [0.3, 0.4) is 0 Å². The maximum absolute atomic E-state index is 13.0. The highest BCUT2D eigenvalue weighted by Crippen LogP contribution is 2.28. The van der Waals surface area contributed by atoms with Crippen molar-refractivity contribution < 1.29 is 4.39 Å². The molecule has 1 aliphatic rings. The zero-order valence-electron chi connectivity index (χ0n) is 10.5. The molecule has 0 heterocycles. The summed E-state index contributed by atoms with van der Waals surface area (Å²) in [5.74, 6) is 0.496. The summed E-state index contributed by atoms with van der Waals surface area (Å²) in [6.07, 6.45) is 6.69. The summed E-state index contributed by atoms with van der Waals surface area (Å²) in [4.78, 5) is 2.16. The summed E-state index contributed by atoms with van der Waals surface area (Å²) in [6, 6.07) is 4.64. The van der Waals surface area contributed by atoms with E-state index in [-0.39, 0.29) is 5.82 Å². The van der Waals surface area contributed by atoms with E-state index >= 15 is 0 Å². The van der Waals surface area contributed by atoms with Crippen LogP contribution in [0.2, 0.25) is 0 Å². The van der Waals surface area contributed by atoms with Crippen LogP contribution in [0.5, 0.6) is 0 Å². The zero-order chi connectivity index (χ0) is 12.3. The number of rotatable bonds is 3. The Morgan fingerprint density at radius 3 is 2.65 bits per heavy atom. The highest BCUT2D eigenvalue weighted by molar-refractivity contribution is 5.67. The van der Waals surface area contributed by atoms with Crippen molar-refractivity contribution in [1.29, 1.82) is 0 Å². The molecule has 1 aromatic carbocycles. The Morgan fingerprint density at radius 2 is 2.00 bits per heavy atom. The van der Waals surface area contributed by atoms with E-state index in [0.29, 0.717) is 5.69 Å². The minimum atomic E-state index is -0.266. The first-order valence-corrected chi connectivity index (χ1v) is 6.43. The van der Waals surface area contributed by atoms with Crippen molar-refractivity contribution in [2.75, 3.05) is 24.2 Å². The molecule has 0 amide bonds. The van der Waals surface area contributed by atoms with Gasteiger partial charge in [0.2, 0.25) is 0 Å². The van der Waals surface area contributed by atoms with Crippen LogP contribution in [0.1, 0.15) is 32.1 Å². The van der Waals surface area contributed by atoms with Gasteiger partial charge in [0.05, 0.1) is 11.4 Å². The molecule has 3 heteroatoms. The Morgan fingerprint density at radius 1 is 1.29 bits per heavy atom. The van der Waals surface area contributed by atoms with Crippen LogP contribution in [-0.4, -0.2) is 13.6 Å². The summed E-state index contributed by atoms with van der Waals surface area (Å²) in [5.41, 5.74) is 7.32. The lowest BCUT2D eigenvalue weighted by molar-refractivity contribution is 0.362. The first-order chi connectivity index (χ1) is 8.16. The molecule has 2 N–H and O–H groups in total. The topological polar surface area (TPSA) is 29.3 Å². The fourth-order valence-electron chi connectivity index (χ4n) is 2.73. The van der Waals surface area contributed by atoms with Crippen molar-refractivity contribution in [2.24, 2.45) is 5.92 Å². The van der Waals surface area contributed by atoms with Gasteiger partial charge < -0.3 is 10.6 Å². The molecule has 0 radical (unpaired) electrons. The maximum atomic E-state index is 13.0. The van der Waals surface area contributed by atoms with E-state index in [1.54, 1.807) is 6.07 Å². The molecule has 0 unspecified atom stereocenters. The monoisotopic (exact) mass is 236 g/mol. The maximum Gasteiger partial charge on any atom is 0.125 e. The Balaban J connectivity index is 2.00. The van der Waals surface area contributed by atoms with Gasteiger partial charge >= 0.3 is 0 Å². The average molecular weight is 236 g/mol. The first-order valence-electron chi connectivity index (χ1n) is 6.43. The van der Waals surface area contributed by atoms with Crippen LogP contribution in [0, 0.1) is 11.7 Å². The second-order valence-electron chi connectivity index (χ2n) is 5.09. The molecule has 0 spiro atoms. The molecule has 94 valence electrons. The highest BCUT2D eigenvalue weighted by Gasteiger charge is 2.16. The van der Waals surface area contributed by atoms with Gasteiger partial charge in [-0.3, -0.25) is 0 Å². The van der Waals surface area contributed by atoms with Gasteiger partial charge in [-0.15, -0.1) is 0 Å². The molecule has 1 fully saturated rings. The Labute approximate surface area is 103 Å². The molecular weight excluding hydrogens is 215 g/mol. The second-order valence-corrected chi connectivity index (χ2v) is 5.09. The summed E-state index contributed by atoms with van der Waals surface area (Å²) in [7, 11) is 2.04. The van der Waals surface area contributed by atoms with Gasteiger partial charge in [-0.25, -0.2) is 4.39 Å². The molecule has 0 bridgehead atoms. The van der Waals surface area contributed by atoms with Crippen LogP contribution in [0.25, 0.3) is 0 Å². The van der Waals surface area contributed by atoms with E-state index in [0.717, 1.165) is 18.2 Å². The first kappa shape index (κ1) is 12.2. The van der Waals surface area contributed by atoms with E-state index in [4.69, 9.17) is 5.73 Å². The Bertz CT molecular complexity index is 372. The normalized spacial score (nSPS) is 17.1. The molecule has 1 saturated carbocycles. The number of nitrogen functional groups attached to an aromatic ring is 1. The number of nitrogens with two attached hydrogens (primary N) is 1. The number of benzene rings is 1. The van der Waals surface area contributed by atoms with E-state index < -0.39 is 0 Å². The van der Waals surface area contributed by atoms with Crippen molar-refractivity contribution >= 4 is 11.4 Å². The van der Waals surface area contributed by atoms with Crippen LogP contribution >= 0.6 is 0 Å². The molecule has 0 aromatic heterocycles. The van der Waals surface area contributed by atoms with Gasteiger partial charge in [0.25, 0.3) is 0 Å². The van der Waals surface area contributed by atoms with Crippen molar-refractivity contribution in [1.82, 2.24) is 0 Å². The number of hydrogen-bond donors (Lipinski definition) is 1. The van der Waals surface area contributed by atoms with Gasteiger partial charge in [-0.2, -0.15) is 0 Å². The van der Waals surface area contributed by atoms with E-state index in [1.807, 2.05) is 7.05 Å². The van der Waals surface area contributed by atoms with E-state index in [2.05, 4.69) is 4.90 Å². The van der Waals surface area contributed by atoms with Crippen LogP contribution < -0.4 is 10.6 Å². The predicted molar refractivity (Wildman–Crippen MR) is 70.7 cm³/mol. The van der Waals surface area contributed by atoms with Gasteiger partial charge in [-0.1, -0.05) is 19.3 Å². The molecule has 0 atom stereocenters. The lowest BCUT2D eigenvalue weighted by Gasteiger charge is -2.29. The van der Waals surface area contributed by atoms with Crippen molar-refractivity contribution in [3.63, 3.8) is 0 Å².